The zero-order chi connectivity index (χ0) is 18.5. The Morgan fingerprint density at radius 3 is 2.81 bits per heavy atom. The highest BCUT2D eigenvalue weighted by Crippen LogP contribution is 2.27. The summed E-state index contributed by atoms with van der Waals surface area (Å²) in [6.45, 7) is 2.43. The first-order valence-corrected chi connectivity index (χ1v) is 8.90. The molecule has 2 aromatic carbocycles. The highest BCUT2D eigenvalue weighted by Gasteiger charge is 2.26. The number of aryl methyl sites for hydroxylation is 1. The fourth-order valence-corrected chi connectivity index (χ4v) is 3.32. The summed E-state index contributed by atoms with van der Waals surface area (Å²) < 4.78 is 5.18. The number of para-hydroxylation sites is 1. The van der Waals surface area contributed by atoms with Crippen molar-refractivity contribution in [1.29, 1.82) is 0 Å². The number of hydrogen-bond acceptors (Lipinski definition) is 3. The molecule has 136 valence electrons. The van der Waals surface area contributed by atoms with E-state index in [0.717, 1.165) is 24.1 Å². The molecule has 26 heavy (non-hydrogen) atoms. The van der Waals surface area contributed by atoms with Gasteiger partial charge in [-0.3, -0.25) is 9.59 Å². The number of rotatable bonds is 5. The summed E-state index contributed by atoms with van der Waals surface area (Å²) in [5.41, 5.74) is 2.99. The summed E-state index contributed by atoms with van der Waals surface area (Å²) in [6, 6.07) is 14.8. The van der Waals surface area contributed by atoms with Crippen molar-refractivity contribution in [2.75, 3.05) is 18.6 Å². The van der Waals surface area contributed by atoms with Gasteiger partial charge < -0.3 is 15.0 Å². The number of benzene rings is 2. The second kappa shape index (κ2) is 8.04. The lowest BCUT2D eigenvalue weighted by atomic mass is 10.0. The van der Waals surface area contributed by atoms with Crippen molar-refractivity contribution in [2.45, 2.75) is 32.2 Å². The molecule has 5 heteroatoms. The van der Waals surface area contributed by atoms with Gasteiger partial charge in [0.2, 0.25) is 11.8 Å². The molecule has 0 spiro atoms. The number of anilines is 1. The van der Waals surface area contributed by atoms with Crippen molar-refractivity contribution in [2.24, 2.45) is 0 Å². The second-order valence-electron chi connectivity index (χ2n) is 6.54. The Kier molecular flexibility index (Phi) is 5.56. The topological polar surface area (TPSA) is 58.6 Å². The van der Waals surface area contributed by atoms with Crippen molar-refractivity contribution in [3.05, 3.63) is 59.7 Å². The zero-order valence-corrected chi connectivity index (χ0v) is 15.2. The Labute approximate surface area is 154 Å². The number of methoxy groups -OCH3 is 1. The van der Waals surface area contributed by atoms with E-state index in [2.05, 4.69) is 11.4 Å². The molecule has 2 amide bonds. The molecule has 1 unspecified atom stereocenters. The second-order valence-corrected chi connectivity index (χ2v) is 6.54. The normalized spacial score (nSPS) is 14.3. The first-order chi connectivity index (χ1) is 12.6. The van der Waals surface area contributed by atoms with E-state index in [-0.39, 0.29) is 18.2 Å². The van der Waals surface area contributed by atoms with Gasteiger partial charge in [0, 0.05) is 12.2 Å². The van der Waals surface area contributed by atoms with E-state index in [4.69, 9.17) is 4.74 Å². The van der Waals surface area contributed by atoms with Crippen molar-refractivity contribution in [3.63, 3.8) is 0 Å². The third-order valence-corrected chi connectivity index (χ3v) is 4.62. The Hall–Kier alpha value is -2.82. The number of fused-ring (bicyclic) bond motifs is 1. The van der Waals surface area contributed by atoms with E-state index in [1.807, 2.05) is 42.5 Å². The van der Waals surface area contributed by atoms with E-state index in [0.29, 0.717) is 12.3 Å². The van der Waals surface area contributed by atoms with Gasteiger partial charge in [-0.25, -0.2) is 0 Å². The van der Waals surface area contributed by atoms with Crippen molar-refractivity contribution in [3.8, 4) is 5.75 Å². The summed E-state index contributed by atoms with van der Waals surface area (Å²) in [5.74, 6) is 0.463. The van der Waals surface area contributed by atoms with Crippen LogP contribution in [-0.4, -0.2) is 31.5 Å². The third-order valence-electron chi connectivity index (χ3n) is 4.62. The predicted octanol–water partition coefficient (Wildman–Crippen LogP) is 2.72. The molecule has 0 bridgehead atoms. The SMILES string of the molecule is COc1cccc(CC(=O)NC(C)C(=O)N2CCCc3ccccc32)c1. The van der Waals surface area contributed by atoms with Crippen molar-refractivity contribution in [1.82, 2.24) is 5.32 Å². The Morgan fingerprint density at radius 1 is 1.19 bits per heavy atom. The van der Waals surface area contributed by atoms with Crippen LogP contribution in [0.5, 0.6) is 5.75 Å². The maximum absolute atomic E-state index is 12.8. The van der Waals surface area contributed by atoms with Gasteiger partial charge >= 0.3 is 0 Å². The van der Waals surface area contributed by atoms with E-state index in [9.17, 15) is 9.59 Å². The molecule has 1 aliphatic heterocycles. The minimum atomic E-state index is -0.570. The molecule has 5 nitrogen and oxygen atoms in total. The molecule has 1 atom stereocenters. The minimum absolute atomic E-state index is 0.0730. The van der Waals surface area contributed by atoms with E-state index >= 15 is 0 Å². The first-order valence-electron chi connectivity index (χ1n) is 8.90. The van der Waals surface area contributed by atoms with E-state index < -0.39 is 6.04 Å². The quantitative estimate of drug-likeness (QED) is 0.900. The molecule has 0 saturated heterocycles. The van der Waals surface area contributed by atoms with Gasteiger partial charge in [0.05, 0.1) is 13.5 Å². The molecule has 1 aliphatic rings. The van der Waals surface area contributed by atoms with Crippen LogP contribution < -0.4 is 15.0 Å². The highest BCUT2D eigenvalue weighted by molar-refractivity contribution is 6.00. The average Bonchev–Trinajstić information content (AvgIpc) is 2.67. The smallest absolute Gasteiger partial charge is 0.249 e. The lowest BCUT2D eigenvalue weighted by molar-refractivity contribution is -0.126. The van der Waals surface area contributed by atoms with Gasteiger partial charge in [0.15, 0.2) is 0 Å². The molecule has 0 radical (unpaired) electrons. The van der Waals surface area contributed by atoms with Crippen LogP contribution >= 0.6 is 0 Å². The molecule has 0 saturated carbocycles. The fraction of sp³-hybridized carbons (Fsp3) is 0.333. The summed E-state index contributed by atoms with van der Waals surface area (Å²) in [7, 11) is 1.59. The molecule has 0 fully saturated rings. The fourth-order valence-electron chi connectivity index (χ4n) is 3.32. The molecule has 1 N–H and O–H groups in total. The first kappa shape index (κ1) is 18.0. The van der Waals surface area contributed by atoms with Gasteiger partial charge in [-0.05, 0) is 49.1 Å². The average molecular weight is 352 g/mol. The maximum Gasteiger partial charge on any atom is 0.249 e. The van der Waals surface area contributed by atoms with Gasteiger partial charge in [-0.2, -0.15) is 0 Å². The lowest BCUT2D eigenvalue weighted by Gasteiger charge is -2.31. The number of carbonyl (C=O) groups excluding carboxylic acids is 2. The number of nitrogens with zero attached hydrogens (tertiary/aromatic N) is 1. The summed E-state index contributed by atoms with van der Waals surface area (Å²) in [5, 5.41) is 2.82. The number of hydrogen-bond donors (Lipinski definition) is 1. The Balaban J connectivity index is 1.63. The van der Waals surface area contributed by atoms with E-state index in [1.165, 1.54) is 5.56 Å². The van der Waals surface area contributed by atoms with E-state index in [1.54, 1.807) is 18.9 Å². The summed E-state index contributed by atoms with van der Waals surface area (Å²) in [4.78, 5) is 27.0. The number of nitrogens with one attached hydrogen (secondary N) is 1. The van der Waals surface area contributed by atoms with Crippen LogP contribution in [0.3, 0.4) is 0 Å². The number of carbonyl (C=O) groups is 2. The van der Waals surface area contributed by atoms with Crippen LogP contribution in [0, 0.1) is 0 Å². The number of ether oxygens (including phenoxy) is 1. The van der Waals surface area contributed by atoms with Crippen LogP contribution in [-0.2, 0) is 22.4 Å². The molecular formula is C21H24N2O3. The number of amides is 2. The molecule has 2 aromatic rings. The Morgan fingerprint density at radius 2 is 2.00 bits per heavy atom. The summed E-state index contributed by atoms with van der Waals surface area (Å²) in [6.07, 6.45) is 2.13. The molecule has 1 heterocycles. The van der Waals surface area contributed by atoms with Crippen molar-refractivity contribution >= 4 is 17.5 Å². The lowest BCUT2D eigenvalue weighted by Crippen LogP contribution is -2.49. The highest BCUT2D eigenvalue weighted by atomic mass is 16.5. The monoisotopic (exact) mass is 352 g/mol. The molecule has 0 aromatic heterocycles. The van der Waals surface area contributed by atoms with Crippen LogP contribution in [0.25, 0.3) is 0 Å². The third kappa shape index (κ3) is 4.04. The van der Waals surface area contributed by atoms with Crippen LogP contribution in [0.4, 0.5) is 5.69 Å². The van der Waals surface area contributed by atoms with Crippen LogP contribution in [0.2, 0.25) is 0 Å². The predicted molar refractivity (Wildman–Crippen MR) is 101 cm³/mol. The van der Waals surface area contributed by atoms with Crippen LogP contribution in [0.15, 0.2) is 48.5 Å². The van der Waals surface area contributed by atoms with Crippen molar-refractivity contribution < 1.29 is 14.3 Å². The molecular weight excluding hydrogens is 328 g/mol. The molecule has 3 rings (SSSR count). The van der Waals surface area contributed by atoms with Gasteiger partial charge in [-0.1, -0.05) is 30.3 Å². The van der Waals surface area contributed by atoms with Gasteiger partial charge in [0.1, 0.15) is 11.8 Å². The minimum Gasteiger partial charge on any atom is -0.497 e. The Bertz CT molecular complexity index is 803. The molecule has 0 aliphatic carbocycles. The zero-order valence-electron chi connectivity index (χ0n) is 15.2. The van der Waals surface area contributed by atoms with Gasteiger partial charge in [-0.15, -0.1) is 0 Å². The van der Waals surface area contributed by atoms with Gasteiger partial charge in [0.25, 0.3) is 0 Å². The van der Waals surface area contributed by atoms with Crippen LogP contribution in [0.1, 0.15) is 24.5 Å². The maximum atomic E-state index is 12.8. The standard InChI is InChI=1S/C21H24N2O3/c1-15(22-20(24)14-16-7-5-10-18(13-16)26-2)21(25)23-12-6-9-17-8-3-4-11-19(17)23/h3-5,7-8,10-11,13,15H,6,9,12,14H2,1-2H3,(H,22,24). The largest absolute Gasteiger partial charge is 0.497 e. The summed E-state index contributed by atoms with van der Waals surface area (Å²) >= 11 is 0.